The number of carbonyl (C=O) groups excluding carboxylic acids is 3. The average Bonchev–Trinajstić information content (AvgIpc) is 3.13. The number of carboxylic acids is 1. The van der Waals surface area contributed by atoms with E-state index in [1.54, 1.807) is 9.80 Å². The van der Waals surface area contributed by atoms with E-state index >= 15 is 0 Å². The number of carboxylic acid groups (broad SMARTS) is 1. The van der Waals surface area contributed by atoms with Gasteiger partial charge in [-0.1, -0.05) is 132 Å². The van der Waals surface area contributed by atoms with Crippen LogP contribution in [0.4, 0.5) is 0 Å². The highest BCUT2D eigenvalue weighted by molar-refractivity contribution is 5.79. The maximum atomic E-state index is 14.0. The molecule has 10 heteroatoms. The Morgan fingerprint density at radius 2 is 0.865 bits per heavy atom. The van der Waals surface area contributed by atoms with Crippen molar-refractivity contribution in [1.29, 1.82) is 0 Å². The summed E-state index contributed by atoms with van der Waals surface area (Å²) in [7, 11) is 0. The lowest BCUT2D eigenvalue weighted by Crippen LogP contribution is -2.49. The number of hydrogen-bond acceptors (Lipinski definition) is 7. The zero-order valence-corrected chi connectivity index (χ0v) is 35.0. The van der Waals surface area contributed by atoms with Crippen LogP contribution in [0, 0.1) is 23.7 Å². The molecule has 0 saturated carbocycles. The van der Waals surface area contributed by atoms with Gasteiger partial charge in [-0.25, -0.2) is 0 Å². The lowest BCUT2D eigenvalue weighted by molar-refractivity contribution is -0.142. The van der Waals surface area contributed by atoms with Crippen molar-refractivity contribution in [3.05, 3.63) is 0 Å². The van der Waals surface area contributed by atoms with Crippen LogP contribution in [-0.2, 0) is 23.9 Å². The summed E-state index contributed by atoms with van der Waals surface area (Å²) in [6.45, 7) is 21.0. The molecule has 0 aromatic carbocycles. The highest BCUT2D eigenvalue weighted by Crippen LogP contribution is 2.21. The van der Waals surface area contributed by atoms with Gasteiger partial charge in [0.05, 0.1) is 19.6 Å². The summed E-state index contributed by atoms with van der Waals surface area (Å²) in [5, 5.41) is 9.85. The van der Waals surface area contributed by atoms with E-state index in [-0.39, 0.29) is 51.3 Å². The molecule has 0 heterocycles. The van der Waals surface area contributed by atoms with Crippen LogP contribution in [0.15, 0.2) is 0 Å². The first kappa shape index (κ1) is 49.8. The number of amides is 2. The van der Waals surface area contributed by atoms with Crippen molar-refractivity contribution >= 4 is 24.3 Å². The number of ether oxygens (including phenoxy) is 1. The zero-order valence-electron chi connectivity index (χ0n) is 35.0. The van der Waals surface area contributed by atoms with Crippen molar-refractivity contribution < 1.29 is 29.0 Å². The Kier molecular flexibility index (Phi) is 30.9. The van der Waals surface area contributed by atoms with E-state index in [1.807, 2.05) is 9.80 Å². The molecular formula is C42H82N4O6. The second kappa shape index (κ2) is 32.2. The third kappa shape index (κ3) is 23.5. The molecule has 1 N–H and O–H groups in total. The fourth-order valence-electron chi connectivity index (χ4n) is 7.07. The highest BCUT2D eigenvalue weighted by atomic mass is 16.5. The van der Waals surface area contributed by atoms with Gasteiger partial charge < -0.3 is 19.6 Å². The molecule has 0 rings (SSSR count). The van der Waals surface area contributed by atoms with Gasteiger partial charge in [-0.3, -0.25) is 29.0 Å². The maximum Gasteiger partial charge on any atom is 0.317 e. The standard InChI is InChI=1S/C42H82N4O6/c1-9-17-21-36(13-5)27-45(28-37(14-6)22-18-10-2)40(48)31-43(33-42(50)51)25-26-44(34-52-35-47)32-41(49)46(29-38(15-7)23-19-11-3)30-39(16-8)24-20-12-4/h35-39H,9-34H2,1-8H3,(H,50,51). The summed E-state index contributed by atoms with van der Waals surface area (Å²) in [5.74, 6) is 0.632. The van der Waals surface area contributed by atoms with Crippen molar-refractivity contribution in [2.75, 3.05) is 65.6 Å². The first-order chi connectivity index (χ1) is 25.0. The predicted molar refractivity (Wildman–Crippen MR) is 214 cm³/mol. The number of nitrogens with zero attached hydrogens (tertiary/aromatic N) is 4. The van der Waals surface area contributed by atoms with Crippen LogP contribution in [0.25, 0.3) is 0 Å². The first-order valence-corrected chi connectivity index (χ1v) is 21.3. The molecule has 0 aliphatic rings. The molecule has 52 heavy (non-hydrogen) atoms. The number of carbonyl (C=O) groups is 4. The third-order valence-electron chi connectivity index (χ3n) is 10.9. The number of hydrogen-bond donors (Lipinski definition) is 1. The topological polar surface area (TPSA) is 111 Å². The molecular weight excluding hydrogens is 656 g/mol. The van der Waals surface area contributed by atoms with Crippen LogP contribution in [0.3, 0.4) is 0 Å². The summed E-state index contributed by atoms with van der Waals surface area (Å²) < 4.78 is 5.16. The van der Waals surface area contributed by atoms with Crippen LogP contribution >= 0.6 is 0 Å². The largest absolute Gasteiger partial charge is 0.480 e. The molecule has 4 atom stereocenters. The summed E-state index contributed by atoms with van der Waals surface area (Å²) in [6.07, 6.45) is 17.4. The number of unbranched alkanes of at least 4 members (excludes halogenated alkanes) is 4. The van der Waals surface area contributed by atoms with E-state index in [9.17, 15) is 24.3 Å². The van der Waals surface area contributed by atoms with Crippen LogP contribution < -0.4 is 0 Å². The third-order valence-corrected chi connectivity index (χ3v) is 10.9. The Hall–Kier alpha value is -2.20. The fraction of sp³-hybridized carbons (Fsp3) is 0.905. The van der Waals surface area contributed by atoms with Gasteiger partial charge in [0.15, 0.2) is 0 Å². The lowest BCUT2D eigenvalue weighted by Gasteiger charge is -2.34. The molecule has 0 fully saturated rings. The van der Waals surface area contributed by atoms with Gasteiger partial charge in [0, 0.05) is 39.3 Å². The van der Waals surface area contributed by atoms with Crippen LogP contribution in [-0.4, -0.2) is 115 Å². The minimum atomic E-state index is -1.00. The van der Waals surface area contributed by atoms with Gasteiger partial charge in [0.2, 0.25) is 11.8 Å². The normalized spacial score (nSPS) is 13.9. The van der Waals surface area contributed by atoms with Gasteiger partial charge in [0.25, 0.3) is 6.47 Å². The van der Waals surface area contributed by atoms with E-state index in [0.717, 1.165) is 103 Å². The van der Waals surface area contributed by atoms with Crippen LogP contribution in [0.2, 0.25) is 0 Å². The van der Waals surface area contributed by atoms with E-state index in [1.165, 1.54) is 0 Å². The SMILES string of the molecule is CCCCC(CC)CN(CC(CC)CCCC)C(=O)CN(CCN(CC(=O)O)CC(=O)N(CC(CC)CCCC)CC(CC)CCCC)COC=O. The minimum Gasteiger partial charge on any atom is -0.480 e. The first-order valence-electron chi connectivity index (χ1n) is 21.3. The Morgan fingerprint density at radius 3 is 1.15 bits per heavy atom. The van der Waals surface area contributed by atoms with E-state index in [4.69, 9.17) is 4.74 Å². The van der Waals surface area contributed by atoms with Crippen molar-refractivity contribution in [3.63, 3.8) is 0 Å². The molecule has 0 spiro atoms. The van der Waals surface area contributed by atoms with Crippen LogP contribution in [0.1, 0.15) is 158 Å². The molecule has 2 amide bonds. The van der Waals surface area contributed by atoms with Gasteiger partial charge >= 0.3 is 5.97 Å². The average molecular weight is 739 g/mol. The molecule has 0 aliphatic heterocycles. The van der Waals surface area contributed by atoms with Crippen molar-refractivity contribution in [2.24, 2.45) is 23.7 Å². The molecule has 4 unspecified atom stereocenters. The fourth-order valence-corrected chi connectivity index (χ4v) is 7.07. The van der Waals surface area contributed by atoms with E-state index in [0.29, 0.717) is 56.3 Å². The minimum absolute atomic E-state index is 0.00167. The maximum absolute atomic E-state index is 14.0. The van der Waals surface area contributed by atoms with Gasteiger partial charge in [-0.05, 0) is 49.4 Å². The second-order valence-electron chi connectivity index (χ2n) is 15.3. The Bertz CT molecular complexity index is 885. The molecule has 0 bridgehead atoms. The highest BCUT2D eigenvalue weighted by Gasteiger charge is 2.27. The van der Waals surface area contributed by atoms with Crippen molar-refractivity contribution in [3.8, 4) is 0 Å². The molecule has 0 radical (unpaired) electrons. The number of aliphatic carboxylic acids is 1. The van der Waals surface area contributed by atoms with E-state index in [2.05, 4.69) is 55.4 Å². The Labute approximate surface area is 319 Å². The molecule has 306 valence electrons. The van der Waals surface area contributed by atoms with Gasteiger partial charge in [0.1, 0.15) is 6.73 Å². The lowest BCUT2D eigenvalue weighted by atomic mass is 9.95. The van der Waals surface area contributed by atoms with Gasteiger partial charge in [-0.15, -0.1) is 0 Å². The molecule has 0 saturated heterocycles. The molecule has 0 aromatic rings. The molecule has 0 aliphatic carbocycles. The van der Waals surface area contributed by atoms with Gasteiger partial charge in [-0.2, -0.15) is 0 Å². The zero-order chi connectivity index (χ0) is 39.1. The quantitative estimate of drug-likeness (QED) is 0.0505. The summed E-state index contributed by atoms with van der Waals surface area (Å²) >= 11 is 0. The van der Waals surface area contributed by atoms with Crippen LogP contribution in [0.5, 0.6) is 0 Å². The second-order valence-corrected chi connectivity index (χ2v) is 15.3. The molecule has 0 aromatic heterocycles. The smallest absolute Gasteiger partial charge is 0.317 e. The number of rotatable bonds is 36. The van der Waals surface area contributed by atoms with Crippen molar-refractivity contribution in [1.82, 2.24) is 19.6 Å². The van der Waals surface area contributed by atoms with E-state index < -0.39 is 5.97 Å². The molecule has 10 nitrogen and oxygen atoms in total. The summed E-state index contributed by atoms with van der Waals surface area (Å²) in [6, 6.07) is 0. The van der Waals surface area contributed by atoms with Crippen molar-refractivity contribution in [2.45, 2.75) is 158 Å². The Balaban J connectivity index is 6.10. The summed E-state index contributed by atoms with van der Waals surface area (Å²) in [4.78, 5) is 58.9. The predicted octanol–water partition coefficient (Wildman–Crippen LogP) is 8.33. The monoisotopic (exact) mass is 739 g/mol. The summed E-state index contributed by atoms with van der Waals surface area (Å²) in [5.41, 5.74) is 0. The Morgan fingerprint density at radius 1 is 0.538 bits per heavy atom.